The Morgan fingerprint density at radius 2 is 2.20 bits per heavy atom. The molecule has 1 atom stereocenters. The molecule has 2 aromatic rings. The van der Waals surface area contributed by atoms with Crippen molar-refractivity contribution in [1.82, 2.24) is 9.78 Å². The van der Waals surface area contributed by atoms with Crippen LogP contribution in [0.4, 0.5) is 0 Å². The number of hydrogen-bond acceptors (Lipinski definition) is 3. The second kappa shape index (κ2) is 5.44. The van der Waals surface area contributed by atoms with Crippen LogP contribution >= 0.6 is 11.8 Å². The largest absolute Gasteiger partial charge is 0.299 e. The molecule has 1 aliphatic rings. The van der Waals surface area contributed by atoms with Crippen LogP contribution in [0.3, 0.4) is 0 Å². The standard InChI is InChI=1S/C16H18N2OS/c1-11(2)18-8-7-12(17-18)9-15(19)14-10-20-16-6-4-3-5-13(14)16/h3-8,11,14H,9-10H2,1-2H3. The number of benzene rings is 1. The van der Waals surface area contributed by atoms with Gasteiger partial charge in [0.05, 0.1) is 18.0 Å². The second-order valence-corrected chi connectivity index (χ2v) is 6.49. The number of ketones is 1. The maximum absolute atomic E-state index is 12.5. The summed E-state index contributed by atoms with van der Waals surface area (Å²) < 4.78 is 1.90. The lowest BCUT2D eigenvalue weighted by molar-refractivity contribution is -0.119. The molecule has 0 amide bonds. The first-order valence-electron chi connectivity index (χ1n) is 6.93. The van der Waals surface area contributed by atoms with Gasteiger partial charge in [-0.2, -0.15) is 5.10 Å². The third-order valence-electron chi connectivity index (χ3n) is 3.64. The highest BCUT2D eigenvalue weighted by Gasteiger charge is 2.29. The molecule has 0 bridgehead atoms. The number of aromatic nitrogens is 2. The Kier molecular flexibility index (Phi) is 3.66. The van der Waals surface area contributed by atoms with Crippen LogP contribution in [0.1, 0.15) is 37.1 Å². The lowest BCUT2D eigenvalue weighted by Gasteiger charge is -2.08. The highest BCUT2D eigenvalue weighted by atomic mass is 32.2. The minimum Gasteiger partial charge on any atom is -0.299 e. The second-order valence-electron chi connectivity index (χ2n) is 5.43. The van der Waals surface area contributed by atoms with Gasteiger partial charge in [0.25, 0.3) is 0 Å². The van der Waals surface area contributed by atoms with Crippen LogP contribution < -0.4 is 0 Å². The predicted octanol–water partition coefficient (Wildman–Crippen LogP) is 3.47. The van der Waals surface area contributed by atoms with Crippen LogP contribution in [0.15, 0.2) is 41.4 Å². The first-order chi connectivity index (χ1) is 9.65. The number of carbonyl (C=O) groups is 1. The summed E-state index contributed by atoms with van der Waals surface area (Å²) in [5, 5.41) is 4.47. The van der Waals surface area contributed by atoms with E-state index in [1.807, 2.05) is 29.1 Å². The van der Waals surface area contributed by atoms with Gasteiger partial charge in [0.15, 0.2) is 0 Å². The summed E-state index contributed by atoms with van der Waals surface area (Å²) in [4.78, 5) is 13.7. The van der Waals surface area contributed by atoms with Crippen molar-refractivity contribution < 1.29 is 4.79 Å². The molecule has 20 heavy (non-hydrogen) atoms. The van der Waals surface area contributed by atoms with Crippen LogP contribution in [0.25, 0.3) is 0 Å². The van der Waals surface area contributed by atoms with Crippen LogP contribution in [-0.2, 0) is 11.2 Å². The molecule has 0 fully saturated rings. The van der Waals surface area contributed by atoms with Gasteiger partial charge in [-0.25, -0.2) is 0 Å². The molecule has 0 saturated heterocycles. The molecule has 0 saturated carbocycles. The number of rotatable bonds is 4. The fraction of sp³-hybridized carbons (Fsp3) is 0.375. The Bertz CT molecular complexity index is 633. The van der Waals surface area contributed by atoms with Gasteiger partial charge in [0.2, 0.25) is 0 Å². The normalized spacial score (nSPS) is 17.4. The SMILES string of the molecule is CC(C)n1ccc(CC(=O)C2CSc3ccccc32)n1. The van der Waals surface area contributed by atoms with Gasteiger partial charge in [-0.3, -0.25) is 9.48 Å². The van der Waals surface area contributed by atoms with Gasteiger partial charge in [-0.1, -0.05) is 18.2 Å². The molecule has 1 unspecified atom stereocenters. The maximum Gasteiger partial charge on any atom is 0.147 e. The third kappa shape index (κ3) is 2.52. The summed E-state index contributed by atoms with van der Waals surface area (Å²) >= 11 is 1.78. The molecular formula is C16H18N2OS. The highest BCUT2D eigenvalue weighted by Crippen LogP contribution is 2.40. The van der Waals surface area contributed by atoms with E-state index in [9.17, 15) is 4.79 Å². The Morgan fingerprint density at radius 3 is 2.95 bits per heavy atom. The summed E-state index contributed by atoms with van der Waals surface area (Å²) in [6.45, 7) is 4.17. The molecule has 0 radical (unpaired) electrons. The maximum atomic E-state index is 12.5. The third-order valence-corrected chi connectivity index (χ3v) is 4.82. The van der Waals surface area contributed by atoms with E-state index in [-0.39, 0.29) is 11.7 Å². The number of Topliss-reactive ketones (excluding diaryl/α,β-unsaturated/α-hetero) is 1. The Morgan fingerprint density at radius 1 is 1.40 bits per heavy atom. The minimum atomic E-state index is 0.0281. The molecule has 3 rings (SSSR count). The molecule has 104 valence electrons. The number of thioether (sulfide) groups is 1. The molecule has 3 nitrogen and oxygen atoms in total. The fourth-order valence-electron chi connectivity index (χ4n) is 2.49. The summed E-state index contributed by atoms with van der Waals surface area (Å²) in [5.41, 5.74) is 2.06. The predicted molar refractivity (Wildman–Crippen MR) is 81.2 cm³/mol. The van der Waals surface area contributed by atoms with E-state index in [4.69, 9.17) is 0 Å². The molecule has 0 aliphatic carbocycles. The molecule has 4 heteroatoms. The first-order valence-corrected chi connectivity index (χ1v) is 7.92. The van der Waals surface area contributed by atoms with E-state index in [2.05, 4.69) is 31.1 Å². The van der Waals surface area contributed by atoms with Crippen molar-refractivity contribution in [3.8, 4) is 0 Å². The van der Waals surface area contributed by atoms with E-state index in [0.29, 0.717) is 12.5 Å². The fourth-order valence-corrected chi connectivity index (χ4v) is 3.75. The minimum absolute atomic E-state index is 0.0281. The Hall–Kier alpha value is -1.55. The summed E-state index contributed by atoms with van der Waals surface area (Å²) in [7, 11) is 0. The Balaban J connectivity index is 1.74. The summed E-state index contributed by atoms with van der Waals surface area (Å²) in [5.74, 6) is 1.17. The van der Waals surface area contributed by atoms with E-state index >= 15 is 0 Å². The summed E-state index contributed by atoms with van der Waals surface area (Å²) in [6, 6.07) is 10.5. The lowest BCUT2D eigenvalue weighted by Crippen LogP contribution is -2.15. The smallest absolute Gasteiger partial charge is 0.147 e. The van der Waals surface area contributed by atoms with Gasteiger partial charge in [0.1, 0.15) is 5.78 Å². The van der Waals surface area contributed by atoms with Gasteiger partial charge < -0.3 is 0 Å². The van der Waals surface area contributed by atoms with Crippen LogP contribution in [0, 0.1) is 0 Å². The van der Waals surface area contributed by atoms with Crippen LogP contribution in [-0.4, -0.2) is 21.3 Å². The van der Waals surface area contributed by atoms with Crippen molar-refractivity contribution in [3.05, 3.63) is 47.8 Å². The highest BCUT2D eigenvalue weighted by molar-refractivity contribution is 7.99. The van der Waals surface area contributed by atoms with Gasteiger partial charge in [-0.15, -0.1) is 11.8 Å². The van der Waals surface area contributed by atoms with Crippen molar-refractivity contribution in [3.63, 3.8) is 0 Å². The van der Waals surface area contributed by atoms with Crippen LogP contribution in [0.2, 0.25) is 0 Å². The van der Waals surface area contributed by atoms with Gasteiger partial charge >= 0.3 is 0 Å². The van der Waals surface area contributed by atoms with Crippen molar-refractivity contribution in [2.75, 3.05) is 5.75 Å². The molecule has 1 aromatic carbocycles. The zero-order chi connectivity index (χ0) is 14.1. The number of hydrogen-bond donors (Lipinski definition) is 0. The Labute approximate surface area is 123 Å². The van der Waals surface area contributed by atoms with E-state index in [0.717, 1.165) is 11.4 Å². The number of nitrogens with zero attached hydrogens (tertiary/aromatic N) is 2. The van der Waals surface area contributed by atoms with Crippen molar-refractivity contribution >= 4 is 17.5 Å². The summed E-state index contributed by atoms with van der Waals surface area (Å²) in [6.07, 6.45) is 2.38. The number of fused-ring (bicyclic) bond motifs is 1. The topological polar surface area (TPSA) is 34.9 Å². The average molecular weight is 286 g/mol. The van der Waals surface area contributed by atoms with Crippen molar-refractivity contribution in [1.29, 1.82) is 0 Å². The zero-order valence-corrected chi connectivity index (χ0v) is 12.6. The van der Waals surface area contributed by atoms with E-state index in [1.165, 1.54) is 10.5 Å². The molecule has 0 spiro atoms. The first kappa shape index (κ1) is 13.4. The van der Waals surface area contributed by atoms with Gasteiger partial charge in [-0.05, 0) is 31.5 Å². The van der Waals surface area contributed by atoms with Crippen molar-refractivity contribution in [2.24, 2.45) is 0 Å². The zero-order valence-electron chi connectivity index (χ0n) is 11.7. The monoisotopic (exact) mass is 286 g/mol. The molecule has 0 N–H and O–H groups in total. The molecule has 1 aliphatic heterocycles. The molecule has 2 heterocycles. The van der Waals surface area contributed by atoms with Gasteiger partial charge in [0, 0.05) is 22.9 Å². The van der Waals surface area contributed by atoms with E-state index in [1.54, 1.807) is 11.8 Å². The average Bonchev–Trinajstić information content (AvgIpc) is 3.04. The quantitative estimate of drug-likeness (QED) is 0.863. The lowest BCUT2D eigenvalue weighted by atomic mass is 9.94. The van der Waals surface area contributed by atoms with E-state index < -0.39 is 0 Å². The van der Waals surface area contributed by atoms with Crippen LogP contribution in [0.5, 0.6) is 0 Å². The van der Waals surface area contributed by atoms with Crippen molar-refractivity contribution in [2.45, 2.75) is 37.1 Å². The number of carbonyl (C=O) groups excluding carboxylic acids is 1. The molecule has 1 aromatic heterocycles. The molecular weight excluding hydrogens is 268 g/mol.